The number of carboxylic acid groups (broad SMARTS) is 1. The van der Waals surface area contributed by atoms with E-state index in [1.54, 1.807) is 6.92 Å². The first-order valence-corrected chi connectivity index (χ1v) is 3.89. The van der Waals surface area contributed by atoms with Crippen molar-refractivity contribution in [3.05, 3.63) is 24.2 Å². The van der Waals surface area contributed by atoms with Gasteiger partial charge in [0.15, 0.2) is 5.78 Å². The van der Waals surface area contributed by atoms with Gasteiger partial charge in [0.05, 0.1) is 18.2 Å². The Morgan fingerprint density at radius 3 is 2.77 bits per heavy atom. The van der Waals surface area contributed by atoms with Crippen LogP contribution in [-0.4, -0.2) is 16.9 Å². The maximum absolute atomic E-state index is 11.4. The number of Topliss-reactive ketones (excluding diaryl/α,β-unsaturated/α-hetero) is 1. The molecule has 1 aromatic heterocycles. The Kier molecular flexibility index (Phi) is 2.84. The van der Waals surface area contributed by atoms with Gasteiger partial charge in [-0.05, 0) is 6.07 Å². The van der Waals surface area contributed by atoms with E-state index in [9.17, 15) is 9.59 Å². The van der Waals surface area contributed by atoms with E-state index >= 15 is 0 Å². The van der Waals surface area contributed by atoms with Crippen molar-refractivity contribution in [3.8, 4) is 0 Å². The SMILES string of the molecule is CC(CC(=O)O)C(=O)c1ccoc1. The van der Waals surface area contributed by atoms with Crippen LogP contribution < -0.4 is 0 Å². The Morgan fingerprint density at radius 2 is 2.31 bits per heavy atom. The quantitative estimate of drug-likeness (QED) is 0.717. The third-order valence-electron chi connectivity index (χ3n) is 1.73. The summed E-state index contributed by atoms with van der Waals surface area (Å²) in [5, 5.41) is 8.45. The van der Waals surface area contributed by atoms with Crippen molar-refractivity contribution < 1.29 is 19.1 Å². The first kappa shape index (κ1) is 9.51. The Bertz CT molecular complexity index is 299. The molecule has 0 fully saturated rings. The highest BCUT2D eigenvalue weighted by molar-refractivity contribution is 5.98. The molecule has 0 aliphatic rings. The summed E-state index contributed by atoms with van der Waals surface area (Å²) in [5.41, 5.74) is 0.425. The lowest BCUT2D eigenvalue weighted by atomic mass is 9.99. The molecular formula is C9H10O4. The van der Waals surface area contributed by atoms with E-state index in [1.165, 1.54) is 18.6 Å². The van der Waals surface area contributed by atoms with Crippen LogP contribution in [0.1, 0.15) is 23.7 Å². The number of hydrogen-bond donors (Lipinski definition) is 1. The zero-order valence-electron chi connectivity index (χ0n) is 7.19. The van der Waals surface area contributed by atoms with Crippen LogP contribution in [-0.2, 0) is 4.79 Å². The average Bonchev–Trinajstić information content (AvgIpc) is 2.53. The van der Waals surface area contributed by atoms with Crippen LogP contribution in [0.2, 0.25) is 0 Å². The molecule has 0 aliphatic carbocycles. The van der Waals surface area contributed by atoms with Crippen molar-refractivity contribution in [2.24, 2.45) is 5.92 Å². The summed E-state index contributed by atoms with van der Waals surface area (Å²) < 4.78 is 4.72. The van der Waals surface area contributed by atoms with E-state index in [4.69, 9.17) is 9.52 Å². The number of carboxylic acids is 1. The maximum Gasteiger partial charge on any atom is 0.304 e. The lowest BCUT2D eigenvalue weighted by Crippen LogP contribution is -2.14. The lowest BCUT2D eigenvalue weighted by molar-refractivity contribution is -0.137. The van der Waals surface area contributed by atoms with E-state index in [-0.39, 0.29) is 12.2 Å². The zero-order valence-corrected chi connectivity index (χ0v) is 7.19. The van der Waals surface area contributed by atoms with Gasteiger partial charge in [-0.25, -0.2) is 0 Å². The molecule has 0 bridgehead atoms. The summed E-state index contributed by atoms with van der Waals surface area (Å²) in [6.45, 7) is 1.59. The normalized spacial score (nSPS) is 12.4. The van der Waals surface area contributed by atoms with E-state index < -0.39 is 11.9 Å². The topological polar surface area (TPSA) is 67.5 Å². The second-order valence-electron chi connectivity index (χ2n) is 2.88. The molecule has 1 rings (SSSR count). The number of carbonyl (C=O) groups is 2. The summed E-state index contributed by atoms with van der Waals surface area (Å²) >= 11 is 0. The minimum absolute atomic E-state index is 0.149. The summed E-state index contributed by atoms with van der Waals surface area (Å²) in [5.74, 6) is -1.67. The van der Waals surface area contributed by atoms with Crippen molar-refractivity contribution in [2.75, 3.05) is 0 Å². The predicted octanol–water partition coefficient (Wildman–Crippen LogP) is 1.57. The first-order chi connectivity index (χ1) is 6.11. The highest BCUT2D eigenvalue weighted by Gasteiger charge is 2.18. The van der Waals surface area contributed by atoms with Gasteiger partial charge in [0.2, 0.25) is 0 Å². The van der Waals surface area contributed by atoms with Crippen LogP contribution in [0.4, 0.5) is 0 Å². The van der Waals surface area contributed by atoms with E-state index in [1.807, 2.05) is 0 Å². The first-order valence-electron chi connectivity index (χ1n) is 3.89. The molecule has 13 heavy (non-hydrogen) atoms. The van der Waals surface area contributed by atoms with Gasteiger partial charge in [0, 0.05) is 5.92 Å². The van der Waals surface area contributed by atoms with Crippen LogP contribution in [0.15, 0.2) is 23.0 Å². The molecule has 0 saturated carbocycles. The highest BCUT2D eigenvalue weighted by Crippen LogP contribution is 2.12. The molecule has 0 spiro atoms. The minimum Gasteiger partial charge on any atom is -0.481 e. The smallest absolute Gasteiger partial charge is 0.304 e. The van der Waals surface area contributed by atoms with Crippen molar-refractivity contribution in [2.45, 2.75) is 13.3 Å². The molecule has 0 radical (unpaired) electrons. The molecule has 4 heteroatoms. The summed E-state index contributed by atoms with van der Waals surface area (Å²) in [7, 11) is 0. The molecule has 1 unspecified atom stereocenters. The van der Waals surface area contributed by atoms with Gasteiger partial charge in [-0.15, -0.1) is 0 Å². The largest absolute Gasteiger partial charge is 0.481 e. The molecular weight excluding hydrogens is 172 g/mol. The molecule has 70 valence electrons. The number of ketones is 1. The molecule has 4 nitrogen and oxygen atoms in total. The summed E-state index contributed by atoms with van der Waals surface area (Å²) in [6.07, 6.45) is 2.56. The van der Waals surface area contributed by atoms with Crippen LogP contribution >= 0.6 is 0 Å². The van der Waals surface area contributed by atoms with Gasteiger partial charge in [-0.3, -0.25) is 9.59 Å². The fourth-order valence-electron chi connectivity index (χ4n) is 1.04. The Labute approximate surface area is 75.2 Å². The van der Waals surface area contributed by atoms with Crippen molar-refractivity contribution in [1.29, 1.82) is 0 Å². The van der Waals surface area contributed by atoms with Gasteiger partial charge >= 0.3 is 5.97 Å². The zero-order chi connectivity index (χ0) is 9.84. The monoisotopic (exact) mass is 182 g/mol. The van der Waals surface area contributed by atoms with Gasteiger partial charge in [-0.2, -0.15) is 0 Å². The van der Waals surface area contributed by atoms with Crippen molar-refractivity contribution >= 4 is 11.8 Å². The van der Waals surface area contributed by atoms with E-state index in [0.29, 0.717) is 5.56 Å². The maximum atomic E-state index is 11.4. The number of hydrogen-bond acceptors (Lipinski definition) is 3. The van der Waals surface area contributed by atoms with Gasteiger partial charge in [-0.1, -0.05) is 6.92 Å². The molecule has 1 atom stereocenters. The highest BCUT2D eigenvalue weighted by atomic mass is 16.4. The second kappa shape index (κ2) is 3.89. The van der Waals surface area contributed by atoms with Gasteiger partial charge < -0.3 is 9.52 Å². The van der Waals surface area contributed by atoms with Crippen LogP contribution in [0.5, 0.6) is 0 Å². The van der Waals surface area contributed by atoms with Gasteiger partial charge in [0.1, 0.15) is 6.26 Å². The fraction of sp³-hybridized carbons (Fsp3) is 0.333. The Hall–Kier alpha value is -1.58. The molecule has 0 saturated heterocycles. The number of carbonyl (C=O) groups excluding carboxylic acids is 1. The number of furan rings is 1. The van der Waals surface area contributed by atoms with E-state index in [2.05, 4.69) is 0 Å². The predicted molar refractivity (Wildman–Crippen MR) is 44.5 cm³/mol. The average molecular weight is 182 g/mol. The van der Waals surface area contributed by atoms with Crippen LogP contribution in [0.25, 0.3) is 0 Å². The third-order valence-corrected chi connectivity index (χ3v) is 1.73. The molecule has 0 amide bonds. The van der Waals surface area contributed by atoms with Crippen LogP contribution in [0, 0.1) is 5.92 Å². The molecule has 0 aromatic carbocycles. The molecule has 1 aromatic rings. The standard InChI is InChI=1S/C9H10O4/c1-6(4-8(10)11)9(12)7-2-3-13-5-7/h2-3,5-6H,4H2,1H3,(H,10,11). The molecule has 1 heterocycles. The summed E-state index contributed by atoms with van der Waals surface area (Å²) in [6, 6.07) is 1.53. The lowest BCUT2D eigenvalue weighted by Gasteiger charge is -2.04. The Morgan fingerprint density at radius 1 is 1.62 bits per heavy atom. The fourth-order valence-corrected chi connectivity index (χ4v) is 1.04. The number of aliphatic carboxylic acids is 1. The summed E-state index contributed by atoms with van der Waals surface area (Å²) in [4.78, 5) is 21.7. The van der Waals surface area contributed by atoms with E-state index in [0.717, 1.165) is 0 Å². The minimum atomic E-state index is -0.968. The second-order valence-corrected chi connectivity index (χ2v) is 2.88. The van der Waals surface area contributed by atoms with Crippen molar-refractivity contribution in [1.82, 2.24) is 0 Å². The Balaban J connectivity index is 2.63. The van der Waals surface area contributed by atoms with Gasteiger partial charge in [0.25, 0.3) is 0 Å². The van der Waals surface area contributed by atoms with Crippen molar-refractivity contribution in [3.63, 3.8) is 0 Å². The third kappa shape index (κ3) is 2.43. The molecule has 0 aliphatic heterocycles. The number of rotatable bonds is 4. The molecule has 1 N–H and O–H groups in total. The van der Waals surface area contributed by atoms with Crippen LogP contribution in [0.3, 0.4) is 0 Å².